The maximum absolute atomic E-state index is 12.5. The standard InChI is InChI=1S/C18H17N3O3S/c1-14-5-7-15(8-6-14)13-25(23,24)21-11-9-16(12-21)20-18(22)17-4-2-3-10-19-17/h2-12H,13H2,1H3,(H,20,22). The molecule has 128 valence electrons. The van der Waals surface area contributed by atoms with Gasteiger partial charge in [-0.2, -0.15) is 0 Å². The number of nitrogens with one attached hydrogen (secondary N) is 1. The van der Waals surface area contributed by atoms with Gasteiger partial charge in [-0.25, -0.2) is 8.42 Å². The third kappa shape index (κ3) is 4.13. The zero-order valence-electron chi connectivity index (χ0n) is 13.6. The minimum atomic E-state index is -3.56. The Hall–Kier alpha value is -2.93. The molecular formula is C18H17N3O3S. The van der Waals surface area contributed by atoms with E-state index in [9.17, 15) is 13.2 Å². The SMILES string of the molecule is Cc1ccc(CS(=O)(=O)n2ccc(NC(=O)c3ccccn3)c2)cc1. The Balaban J connectivity index is 1.74. The highest BCUT2D eigenvalue weighted by Crippen LogP contribution is 2.15. The Morgan fingerprint density at radius 1 is 1.12 bits per heavy atom. The van der Waals surface area contributed by atoms with E-state index in [0.717, 1.165) is 9.54 Å². The van der Waals surface area contributed by atoms with Gasteiger partial charge in [-0.15, -0.1) is 0 Å². The molecule has 25 heavy (non-hydrogen) atoms. The van der Waals surface area contributed by atoms with Crippen molar-refractivity contribution in [1.29, 1.82) is 0 Å². The largest absolute Gasteiger partial charge is 0.319 e. The van der Waals surface area contributed by atoms with Crippen molar-refractivity contribution in [2.45, 2.75) is 12.7 Å². The van der Waals surface area contributed by atoms with Crippen LogP contribution in [0.4, 0.5) is 5.69 Å². The van der Waals surface area contributed by atoms with E-state index in [2.05, 4.69) is 10.3 Å². The lowest BCUT2D eigenvalue weighted by Gasteiger charge is -2.06. The first-order valence-corrected chi connectivity index (χ1v) is 9.24. The highest BCUT2D eigenvalue weighted by atomic mass is 32.2. The summed E-state index contributed by atoms with van der Waals surface area (Å²) in [6.07, 6.45) is 4.31. The van der Waals surface area contributed by atoms with Crippen molar-refractivity contribution in [3.63, 3.8) is 0 Å². The molecule has 0 spiro atoms. The highest BCUT2D eigenvalue weighted by Gasteiger charge is 2.15. The number of hydrogen-bond donors (Lipinski definition) is 1. The number of amides is 1. The summed E-state index contributed by atoms with van der Waals surface area (Å²) in [5.41, 5.74) is 2.43. The van der Waals surface area contributed by atoms with Gasteiger partial charge in [0.2, 0.25) is 10.0 Å². The van der Waals surface area contributed by atoms with E-state index in [-0.39, 0.29) is 11.4 Å². The molecule has 1 N–H and O–H groups in total. The Bertz CT molecular complexity index is 978. The molecule has 0 atom stereocenters. The van der Waals surface area contributed by atoms with E-state index in [4.69, 9.17) is 0 Å². The predicted octanol–water partition coefficient (Wildman–Crippen LogP) is 2.82. The van der Waals surface area contributed by atoms with E-state index >= 15 is 0 Å². The lowest BCUT2D eigenvalue weighted by Crippen LogP contribution is -2.14. The van der Waals surface area contributed by atoms with Crippen LogP contribution in [-0.2, 0) is 15.8 Å². The second kappa shape index (κ2) is 6.90. The van der Waals surface area contributed by atoms with Crippen LogP contribution >= 0.6 is 0 Å². The van der Waals surface area contributed by atoms with Gasteiger partial charge in [-0.05, 0) is 30.7 Å². The fourth-order valence-corrected chi connectivity index (χ4v) is 3.57. The minimum Gasteiger partial charge on any atom is -0.319 e. The number of hydrogen-bond acceptors (Lipinski definition) is 4. The van der Waals surface area contributed by atoms with Crippen LogP contribution in [0.15, 0.2) is 67.1 Å². The molecule has 7 heteroatoms. The maximum atomic E-state index is 12.5. The smallest absolute Gasteiger partial charge is 0.274 e. The fourth-order valence-electron chi connectivity index (χ4n) is 2.29. The number of aryl methyl sites for hydroxylation is 1. The second-order valence-corrected chi connectivity index (χ2v) is 7.52. The van der Waals surface area contributed by atoms with Crippen molar-refractivity contribution in [3.8, 4) is 0 Å². The number of anilines is 1. The van der Waals surface area contributed by atoms with Crippen LogP contribution in [0.2, 0.25) is 0 Å². The van der Waals surface area contributed by atoms with Gasteiger partial charge in [0, 0.05) is 18.6 Å². The molecule has 0 aliphatic carbocycles. The molecule has 2 heterocycles. The predicted molar refractivity (Wildman–Crippen MR) is 95.8 cm³/mol. The molecule has 2 aromatic heterocycles. The quantitative estimate of drug-likeness (QED) is 0.763. The Morgan fingerprint density at radius 3 is 2.56 bits per heavy atom. The molecular weight excluding hydrogens is 338 g/mol. The number of rotatable bonds is 5. The summed E-state index contributed by atoms with van der Waals surface area (Å²) < 4.78 is 26.1. The summed E-state index contributed by atoms with van der Waals surface area (Å²) in [6, 6.07) is 13.9. The lowest BCUT2D eigenvalue weighted by molar-refractivity contribution is 0.102. The molecule has 6 nitrogen and oxygen atoms in total. The average Bonchev–Trinajstić information content (AvgIpc) is 3.07. The van der Waals surface area contributed by atoms with Crippen molar-refractivity contribution in [2.24, 2.45) is 0 Å². The number of carbonyl (C=O) groups excluding carboxylic acids is 1. The van der Waals surface area contributed by atoms with Crippen LogP contribution in [0, 0.1) is 6.92 Å². The van der Waals surface area contributed by atoms with Gasteiger partial charge >= 0.3 is 0 Å². The van der Waals surface area contributed by atoms with E-state index < -0.39 is 15.9 Å². The van der Waals surface area contributed by atoms with Crippen LogP contribution in [-0.4, -0.2) is 23.3 Å². The number of pyridine rings is 1. The molecule has 0 saturated carbocycles. The molecule has 1 aromatic carbocycles. The Morgan fingerprint density at radius 2 is 1.88 bits per heavy atom. The molecule has 0 saturated heterocycles. The van der Waals surface area contributed by atoms with Crippen LogP contribution in [0.25, 0.3) is 0 Å². The van der Waals surface area contributed by atoms with Crippen LogP contribution in [0.5, 0.6) is 0 Å². The molecule has 0 bridgehead atoms. The van der Waals surface area contributed by atoms with Gasteiger partial charge in [0.05, 0.1) is 11.4 Å². The first-order valence-electron chi connectivity index (χ1n) is 7.63. The monoisotopic (exact) mass is 355 g/mol. The zero-order valence-corrected chi connectivity index (χ0v) is 14.4. The van der Waals surface area contributed by atoms with E-state index in [0.29, 0.717) is 11.3 Å². The van der Waals surface area contributed by atoms with Gasteiger partial charge in [0.1, 0.15) is 5.69 Å². The summed E-state index contributed by atoms with van der Waals surface area (Å²) in [4.78, 5) is 16.0. The third-order valence-corrected chi connectivity index (χ3v) is 5.18. The van der Waals surface area contributed by atoms with Crippen LogP contribution < -0.4 is 5.32 Å². The van der Waals surface area contributed by atoms with Crippen LogP contribution in [0.3, 0.4) is 0 Å². The number of carbonyl (C=O) groups is 1. The van der Waals surface area contributed by atoms with Crippen LogP contribution in [0.1, 0.15) is 21.6 Å². The van der Waals surface area contributed by atoms with E-state index in [1.807, 2.05) is 19.1 Å². The summed E-state index contributed by atoms with van der Waals surface area (Å²) in [6.45, 7) is 1.95. The third-order valence-electron chi connectivity index (χ3n) is 3.61. The molecule has 1 amide bonds. The van der Waals surface area contributed by atoms with Gasteiger partial charge in [0.15, 0.2) is 0 Å². The van der Waals surface area contributed by atoms with Gasteiger partial charge in [0.25, 0.3) is 5.91 Å². The van der Waals surface area contributed by atoms with Gasteiger partial charge in [-0.1, -0.05) is 35.9 Å². The van der Waals surface area contributed by atoms with Gasteiger partial charge in [-0.3, -0.25) is 13.8 Å². The highest BCUT2D eigenvalue weighted by molar-refractivity contribution is 7.89. The molecule has 0 fully saturated rings. The topological polar surface area (TPSA) is 81.1 Å². The first-order chi connectivity index (χ1) is 11.9. The summed E-state index contributed by atoms with van der Waals surface area (Å²) in [5, 5.41) is 2.64. The average molecular weight is 355 g/mol. The second-order valence-electron chi connectivity index (χ2n) is 5.64. The zero-order chi connectivity index (χ0) is 17.9. The number of benzene rings is 1. The van der Waals surface area contributed by atoms with E-state index in [1.165, 1.54) is 24.7 Å². The molecule has 0 aliphatic heterocycles. The lowest BCUT2D eigenvalue weighted by atomic mass is 10.2. The van der Waals surface area contributed by atoms with Crippen molar-refractivity contribution in [3.05, 3.63) is 83.9 Å². The number of nitrogens with zero attached hydrogens (tertiary/aromatic N) is 2. The van der Waals surface area contributed by atoms with Crippen molar-refractivity contribution >= 4 is 21.6 Å². The fraction of sp³-hybridized carbons (Fsp3) is 0.111. The molecule has 0 aliphatic rings. The minimum absolute atomic E-state index is 0.115. The molecule has 0 radical (unpaired) electrons. The summed E-state index contributed by atoms with van der Waals surface area (Å²) >= 11 is 0. The maximum Gasteiger partial charge on any atom is 0.274 e. The van der Waals surface area contributed by atoms with Gasteiger partial charge < -0.3 is 5.32 Å². The first kappa shape index (κ1) is 16.9. The van der Waals surface area contributed by atoms with Crippen molar-refractivity contribution in [1.82, 2.24) is 8.96 Å². The molecule has 3 aromatic rings. The van der Waals surface area contributed by atoms with Crippen molar-refractivity contribution in [2.75, 3.05) is 5.32 Å². The molecule has 3 rings (SSSR count). The van der Waals surface area contributed by atoms with E-state index in [1.54, 1.807) is 30.3 Å². The Labute approximate surface area is 146 Å². The van der Waals surface area contributed by atoms with Crippen molar-refractivity contribution < 1.29 is 13.2 Å². The molecule has 0 unspecified atom stereocenters. The number of aromatic nitrogens is 2. The normalized spacial score (nSPS) is 11.2. The summed E-state index contributed by atoms with van der Waals surface area (Å²) in [5.74, 6) is -0.510. The summed E-state index contributed by atoms with van der Waals surface area (Å²) in [7, 11) is -3.56. The Kier molecular flexibility index (Phi) is 4.67.